The van der Waals surface area contributed by atoms with Crippen LogP contribution in [-0.2, 0) is 11.3 Å². The molecule has 2 aromatic carbocycles. The molecule has 0 bridgehead atoms. The summed E-state index contributed by atoms with van der Waals surface area (Å²) >= 11 is 0. The predicted molar refractivity (Wildman–Crippen MR) is 94.9 cm³/mol. The minimum atomic E-state index is -0.333. The molecule has 0 aromatic heterocycles. The van der Waals surface area contributed by atoms with Crippen LogP contribution in [0, 0.1) is 5.82 Å². The Morgan fingerprint density at radius 3 is 2.68 bits per heavy atom. The first-order valence-electron chi connectivity index (χ1n) is 8.37. The van der Waals surface area contributed by atoms with E-state index in [4.69, 9.17) is 4.74 Å². The molecule has 0 aliphatic carbocycles. The summed E-state index contributed by atoms with van der Waals surface area (Å²) in [5.74, 6) is -0.333. The number of carbonyl (C=O) groups is 1. The number of anilines is 1. The maximum atomic E-state index is 12.9. The van der Waals surface area contributed by atoms with E-state index in [0.29, 0.717) is 18.8 Å². The van der Waals surface area contributed by atoms with E-state index in [9.17, 15) is 9.18 Å². The number of hydrogen-bond donors (Lipinski definition) is 2. The van der Waals surface area contributed by atoms with Crippen LogP contribution in [-0.4, -0.2) is 43.3 Å². The Morgan fingerprint density at radius 1 is 1.16 bits per heavy atom. The SMILES string of the molecule is O=C(NC[C@@H]1CN(Cc2ccccc2)CCO1)Nc1ccc(F)cc1. The van der Waals surface area contributed by atoms with Gasteiger partial charge in [-0.2, -0.15) is 0 Å². The number of morpholine rings is 1. The molecule has 1 saturated heterocycles. The molecule has 1 heterocycles. The lowest BCUT2D eigenvalue weighted by molar-refractivity contribution is -0.0285. The number of benzene rings is 2. The van der Waals surface area contributed by atoms with Crippen LogP contribution in [0.4, 0.5) is 14.9 Å². The van der Waals surface area contributed by atoms with Gasteiger partial charge in [-0.15, -0.1) is 0 Å². The molecule has 1 aliphatic heterocycles. The van der Waals surface area contributed by atoms with Crippen molar-refractivity contribution in [3.8, 4) is 0 Å². The first-order valence-corrected chi connectivity index (χ1v) is 8.37. The number of urea groups is 1. The van der Waals surface area contributed by atoms with Crippen LogP contribution in [0.2, 0.25) is 0 Å². The summed E-state index contributed by atoms with van der Waals surface area (Å²) in [5.41, 5.74) is 1.82. The van der Waals surface area contributed by atoms with Gasteiger partial charge < -0.3 is 15.4 Å². The highest BCUT2D eigenvalue weighted by Gasteiger charge is 2.21. The summed E-state index contributed by atoms with van der Waals surface area (Å²) in [5, 5.41) is 5.48. The monoisotopic (exact) mass is 343 g/mol. The second kappa shape index (κ2) is 8.60. The van der Waals surface area contributed by atoms with Crippen LogP contribution >= 0.6 is 0 Å². The lowest BCUT2D eigenvalue weighted by Crippen LogP contribution is -2.47. The van der Waals surface area contributed by atoms with E-state index >= 15 is 0 Å². The van der Waals surface area contributed by atoms with Crippen molar-refractivity contribution >= 4 is 11.7 Å². The Balaban J connectivity index is 1.43. The molecule has 25 heavy (non-hydrogen) atoms. The topological polar surface area (TPSA) is 53.6 Å². The molecule has 132 valence electrons. The van der Waals surface area contributed by atoms with Gasteiger partial charge in [0.1, 0.15) is 5.82 Å². The third-order valence-electron chi connectivity index (χ3n) is 4.06. The molecule has 6 heteroatoms. The zero-order valence-electron chi connectivity index (χ0n) is 14.0. The normalized spacial score (nSPS) is 17.9. The fourth-order valence-electron chi connectivity index (χ4n) is 2.80. The van der Waals surface area contributed by atoms with Crippen LogP contribution in [0.5, 0.6) is 0 Å². The summed E-state index contributed by atoms with van der Waals surface area (Å²) in [7, 11) is 0. The van der Waals surface area contributed by atoms with Crippen molar-refractivity contribution in [1.82, 2.24) is 10.2 Å². The lowest BCUT2D eigenvalue weighted by atomic mass is 10.2. The van der Waals surface area contributed by atoms with Crippen molar-refractivity contribution in [3.63, 3.8) is 0 Å². The molecule has 2 N–H and O–H groups in total. The molecule has 0 radical (unpaired) electrons. The van der Waals surface area contributed by atoms with Crippen molar-refractivity contribution in [2.24, 2.45) is 0 Å². The van der Waals surface area contributed by atoms with Crippen molar-refractivity contribution < 1.29 is 13.9 Å². The number of ether oxygens (including phenoxy) is 1. The van der Waals surface area contributed by atoms with Crippen LogP contribution in [0.1, 0.15) is 5.56 Å². The van der Waals surface area contributed by atoms with Gasteiger partial charge in [-0.05, 0) is 29.8 Å². The van der Waals surface area contributed by atoms with E-state index < -0.39 is 0 Å². The smallest absolute Gasteiger partial charge is 0.319 e. The van der Waals surface area contributed by atoms with E-state index in [1.165, 1.54) is 29.8 Å². The van der Waals surface area contributed by atoms with Gasteiger partial charge in [0, 0.05) is 31.9 Å². The highest BCUT2D eigenvalue weighted by atomic mass is 19.1. The van der Waals surface area contributed by atoms with E-state index in [0.717, 1.165) is 19.6 Å². The molecular formula is C19H22FN3O2. The summed E-state index contributed by atoms with van der Waals surface area (Å²) in [6.07, 6.45) is -0.0450. The Bertz CT molecular complexity index is 679. The average Bonchev–Trinajstić information content (AvgIpc) is 2.63. The van der Waals surface area contributed by atoms with E-state index in [1.807, 2.05) is 18.2 Å². The van der Waals surface area contributed by atoms with E-state index in [1.54, 1.807) is 0 Å². The van der Waals surface area contributed by atoms with E-state index in [-0.39, 0.29) is 18.0 Å². The molecule has 0 unspecified atom stereocenters. The van der Waals surface area contributed by atoms with Crippen LogP contribution in [0.15, 0.2) is 54.6 Å². The summed E-state index contributed by atoms with van der Waals surface area (Å²) in [6, 6.07) is 15.6. The molecule has 0 spiro atoms. The summed E-state index contributed by atoms with van der Waals surface area (Å²) in [6.45, 7) is 3.61. The second-order valence-electron chi connectivity index (χ2n) is 6.06. The molecule has 2 aromatic rings. The van der Waals surface area contributed by atoms with Gasteiger partial charge in [-0.1, -0.05) is 30.3 Å². The fraction of sp³-hybridized carbons (Fsp3) is 0.316. The Hall–Kier alpha value is -2.44. The maximum absolute atomic E-state index is 12.9. The Kier molecular flexibility index (Phi) is 5.98. The zero-order valence-corrected chi connectivity index (χ0v) is 14.0. The summed E-state index contributed by atoms with van der Waals surface area (Å²) in [4.78, 5) is 14.2. The van der Waals surface area contributed by atoms with Gasteiger partial charge in [0.05, 0.1) is 12.7 Å². The maximum Gasteiger partial charge on any atom is 0.319 e. The molecule has 1 aliphatic rings. The molecule has 3 rings (SSSR count). The van der Waals surface area contributed by atoms with Gasteiger partial charge in [0.2, 0.25) is 0 Å². The third kappa shape index (κ3) is 5.55. The van der Waals surface area contributed by atoms with Crippen molar-refractivity contribution in [3.05, 3.63) is 66.0 Å². The largest absolute Gasteiger partial charge is 0.374 e. The number of nitrogens with zero attached hydrogens (tertiary/aromatic N) is 1. The third-order valence-corrected chi connectivity index (χ3v) is 4.06. The van der Waals surface area contributed by atoms with E-state index in [2.05, 4.69) is 27.7 Å². The van der Waals surface area contributed by atoms with Gasteiger partial charge in [-0.25, -0.2) is 9.18 Å². The number of carbonyl (C=O) groups excluding carboxylic acids is 1. The second-order valence-corrected chi connectivity index (χ2v) is 6.06. The molecule has 0 saturated carbocycles. The van der Waals surface area contributed by atoms with Gasteiger partial charge in [-0.3, -0.25) is 4.90 Å². The molecule has 5 nitrogen and oxygen atoms in total. The van der Waals surface area contributed by atoms with Crippen molar-refractivity contribution in [2.45, 2.75) is 12.6 Å². The number of amides is 2. The lowest BCUT2D eigenvalue weighted by Gasteiger charge is -2.33. The van der Waals surface area contributed by atoms with Crippen LogP contribution in [0.25, 0.3) is 0 Å². The van der Waals surface area contributed by atoms with Crippen LogP contribution in [0.3, 0.4) is 0 Å². The van der Waals surface area contributed by atoms with Crippen LogP contribution < -0.4 is 10.6 Å². The quantitative estimate of drug-likeness (QED) is 0.878. The fourth-order valence-corrected chi connectivity index (χ4v) is 2.80. The van der Waals surface area contributed by atoms with Gasteiger partial charge in [0.25, 0.3) is 0 Å². The van der Waals surface area contributed by atoms with Crippen molar-refractivity contribution in [2.75, 3.05) is 31.6 Å². The Labute approximate surface area is 146 Å². The minimum absolute atomic E-state index is 0.0450. The highest BCUT2D eigenvalue weighted by molar-refractivity contribution is 5.89. The zero-order chi connectivity index (χ0) is 17.5. The van der Waals surface area contributed by atoms with Gasteiger partial charge in [0.15, 0.2) is 0 Å². The Morgan fingerprint density at radius 2 is 1.92 bits per heavy atom. The minimum Gasteiger partial charge on any atom is -0.374 e. The number of halogens is 1. The highest BCUT2D eigenvalue weighted by Crippen LogP contribution is 2.11. The average molecular weight is 343 g/mol. The standard InChI is InChI=1S/C19H22FN3O2/c20-16-6-8-17(9-7-16)22-19(24)21-12-18-14-23(10-11-25-18)13-15-4-2-1-3-5-15/h1-9,18H,10-14H2,(H2,21,22,24)/t18-/m1/s1. The first-order chi connectivity index (χ1) is 12.2. The summed E-state index contributed by atoms with van der Waals surface area (Å²) < 4.78 is 18.6. The van der Waals surface area contributed by atoms with Gasteiger partial charge >= 0.3 is 6.03 Å². The molecule has 1 atom stereocenters. The molecule has 2 amide bonds. The molecule has 1 fully saturated rings. The number of rotatable bonds is 5. The predicted octanol–water partition coefficient (Wildman–Crippen LogP) is 2.85. The number of hydrogen-bond acceptors (Lipinski definition) is 3. The first kappa shape index (κ1) is 17.4. The number of nitrogens with one attached hydrogen (secondary N) is 2. The van der Waals surface area contributed by atoms with Crippen molar-refractivity contribution in [1.29, 1.82) is 0 Å². The molecular weight excluding hydrogens is 321 g/mol.